The summed E-state index contributed by atoms with van der Waals surface area (Å²) in [5, 5.41) is 24.1. The molecule has 18 atom stereocenters. The van der Waals surface area contributed by atoms with Crippen molar-refractivity contribution < 1.29 is 234 Å². The molecule has 4 heterocycles. The number of hydrogen-bond acceptors (Lipinski definition) is 44. The van der Waals surface area contributed by atoms with Gasteiger partial charge in [-0.2, -0.15) is 77.1 Å². The van der Waals surface area contributed by atoms with E-state index < -0.39 is 252 Å². The Bertz CT molecular complexity index is 3520. The van der Waals surface area contributed by atoms with Gasteiger partial charge in [-0.15, -0.1) is 0 Å². The minimum absolute atomic E-state index is 0.0662. The van der Waals surface area contributed by atoms with Gasteiger partial charge in [0, 0.05) is 57.2 Å². The Kier molecular flexibility index (Phi) is 42.6. The van der Waals surface area contributed by atoms with Gasteiger partial charge >= 0.3 is 83.2 Å². The molecule has 0 aromatic rings. The van der Waals surface area contributed by atoms with Crippen LogP contribution in [0.4, 0.5) is 0 Å². The monoisotopic (exact) mass is 1790 g/mol. The zero-order valence-corrected chi connectivity index (χ0v) is 65.7. The second-order valence-electron chi connectivity index (χ2n) is 25.4. The third-order valence-corrected chi connectivity index (χ3v) is 19.3. The Labute approximate surface area is 638 Å². The highest BCUT2D eigenvalue weighted by Gasteiger charge is 2.58. The molecular weight excluding hydrogens is 1700 g/mol. The summed E-state index contributed by atoms with van der Waals surface area (Å²) in [7, 11) is -44.3. The lowest BCUT2D eigenvalue weighted by Crippen LogP contribution is -2.65. The molecule has 52 nitrogen and oxygen atoms in total. The molecule has 0 aromatic carbocycles. The predicted octanol–water partition coefficient (Wildman–Crippen LogP) is -0.537. The van der Waals surface area contributed by atoms with Crippen LogP contribution in [0.15, 0.2) is 0 Å². The maximum Gasteiger partial charge on any atom is 0.397 e. The Balaban J connectivity index is 1.20. The van der Waals surface area contributed by atoms with E-state index >= 15 is 0 Å². The third kappa shape index (κ3) is 42.7. The van der Waals surface area contributed by atoms with Crippen LogP contribution in [-0.4, -0.2) is 303 Å². The van der Waals surface area contributed by atoms with Gasteiger partial charge < -0.3 is 56.8 Å². The van der Waals surface area contributed by atoms with Crippen LogP contribution < -0.4 is 0 Å². The summed E-state index contributed by atoms with van der Waals surface area (Å²) >= 11 is 0. The Morgan fingerprint density at radius 3 is 0.991 bits per heavy atom. The minimum Gasteiger partial charge on any atom is -0.380 e. The first-order chi connectivity index (χ1) is 51.3. The van der Waals surface area contributed by atoms with E-state index in [9.17, 15) is 113 Å². The van der Waals surface area contributed by atoms with E-state index in [0.717, 1.165) is 0 Å². The molecule has 4 rings (SSSR count). The minimum atomic E-state index is -5.77. The van der Waals surface area contributed by atoms with Gasteiger partial charge in [-0.1, -0.05) is 62.4 Å². The van der Waals surface area contributed by atoms with Crippen molar-refractivity contribution in [3.8, 4) is 0 Å². The smallest absolute Gasteiger partial charge is 0.380 e. The molecule has 60 heteroatoms. The predicted molar refractivity (Wildman–Crippen MR) is 350 cm³/mol. The van der Waals surface area contributed by atoms with Crippen molar-refractivity contribution in [3.63, 3.8) is 0 Å². The molecule has 0 radical (unpaired) electrons. The van der Waals surface area contributed by atoms with Crippen molar-refractivity contribution >= 4 is 94.8 Å². The van der Waals surface area contributed by atoms with Crippen LogP contribution in [0.5, 0.6) is 0 Å². The fourth-order valence-electron chi connectivity index (χ4n) is 11.2. The van der Waals surface area contributed by atoms with Crippen LogP contribution >= 0.6 is 0 Å². The number of rotatable bonds is 58. The number of Topliss-reactive ketones (excluding diaryl/α,β-unsaturated/α-hetero) is 2. The lowest BCUT2D eigenvalue weighted by molar-refractivity contribution is -0.513. The lowest BCUT2D eigenvalue weighted by Gasteiger charge is -2.47. The Morgan fingerprint density at radius 2 is 0.676 bits per heavy atom. The number of hydrogen-bond donors (Lipinski definition) is 10. The zero-order chi connectivity index (χ0) is 83.4. The molecule has 111 heavy (non-hydrogen) atoms. The fourth-order valence-corrected chi connectivity index (χ4v) is 14.8. The van der Waals surface area contributed by atoms with Crippen molar-refractivity contribution in [1.29, 1.82) is 0 Å². The average Bonchev–Trinajstić information content (AvgIpc) is 0.771. The molecule has 0 aliphatic carbocycles. The van der Waals surface area contributed by atoms with Crippen molar-refractivity contribution in [1.82, 2.24) is 0 Å². The maximum atomic E-state index is 12.7. The summed E-state index contributed by atoms with van der Waals surface area (Å²) in [4.78, 5) is 33.8. The quantitative estimate of drug-likeness (QED) is 0.0120. The van der Waals surface area contributed by atoms with E-state index in [0.29, 0.717) is 51.4 Å². The normalized spacial score (nSPS) is 28.5. The molecule has 10 N–H and O–H groups in total. The number of carbonyl (C=O) groups excluding carboxylic acids is 2. The molecule has 0 amide bonds. The van der Waals surface area contributed by atoms with Gasteiger partial charge in [0.25, 0.3) is 0 Å². The van der Waals surface area contributed by atoms with Crippen LogP contribution in [0, 0.1) is 5.41 Å². The van der Waals surface area contributed by atoms with Gasteiger partial charge in [0.05, 0.1) is 51.8 Å². The molecule has 0 aromatic heterocycles. The molecule has 0 saturated carbocycles. The van der Waals surface area contributed by atoms with E-state index in [4.69, 9.17) is 75.7 Å². The van der Waals surface area contributed by atoms with Gasteiger partial charge in [0.2, 0.25) is 0 Å². The molecule has 4 saturated heterocycles. The van der Waals surface area contributed by atoms with E-state index in [1.165, 1.54) is 13.8 Å². The summed E-state index contributed by atoms with van der Waals surface area (Å²) in [6.45, 7) is 1.00. The highest BCUT2D eigenvalue weighted by Crippen LogP contribution is 2.38. The molecule has 4 aliphatic rings. The fraction of sp³-hybridized carbons (Fsp3) is 0.961. The highest BCUT2D eigenvalue weighted by atomic mass is 32.3. The summed E-state index contributed by atoms with van der Waals surface area (Å²) in [5.74, 6) is -0.249. The van der Waals surface area contributed by atoms with Crippen molar-refractivity contribution in [2.45, 2.75) is 241 Å². The van der Waals surface area contributed by atoms with Gasteiger partial charge in [-0.05, 0) is 39.5 Å². The van der Waals surface area contributed by atoms with Crippen LogP contribution in [-0.2, 0) is 203 Å². The third-order valence-electron chi connectivity index (χ3n) is 15.6. The Morgan fingerprint density at radius 1 is 0.360 bits per heavy atom. The second-order valence-corrected chi connectivity index (χ2v) is 33.9. The van der Waals surface area contributed by atoms with E-state index in [2.05, 4.69) is 45.0 Å². The summed E-state index contributed by atoms with van der Waals surface area (Å²) in [6, 6.07) is 0. The first-order valence-electron chi connectivity index (χ1n) is 32.9. The number of unbranched alkanes of at least 4 members (excludes halogenated alkanes) is 8. The average molecular weight is 1790 g/mol. The number of ketones is 2. The summed E-state index contributed by atoms with van der Waals surface area (Å²) < 4.78 is 373. The molecular formula is C51H92O52S8. The van der Waals surface area contributed by atoms with Gasteiger partial charge in [-0.3, -0.25) is 46.0 Å². The first-order valence-corrected chi connectivity index (χ1v) is 43.9. The van der Waals surface area contributed by atoms with Crippen molar-refractivity contribution in [2.75, 3.05) is 66.4 Å². The molecule has 0 bridgehead atoms. The van der Waals surface area contributed by atoms with Crippen molar-refractivity contribution in [2.24, 2.45) is 5.41 Å². The molecule has 18 unspecified atom stereocenters. The summed E-state index contributed by atoms with van der Waals surface area (Å²) in [5.41, 5.74) is -0.552. The van der Waals surface area contributed by atoms with Gasteiger partial charge in [0.1, 0.15) is 72.6 Å². The number of carbonyl (C=O) groups is 2. The molecule has 4 aliphatic heterocycles. The largest absolute Gasteiger partial charge is 0.397 e. The lowest BCUT2D eigenvalue weighted by atomic mass is 9.96. The van der Waals surface area contributed by atoms with Crippen LogP contribution in [0.1, 0.15) is 130 Å². The standard InChI is InChI=1S/C51H92O52S8/c1-31-23-35(96-106(62,63)64)41(84-29-86-102-54)49(90-31)94-39-37(25-88-104(56,57)58)92-47(45(100-110(74,75)76)43(39)98-108(68,69)70)82-19-13-9-5-7-11-15-33(52)17-21-80-27-51(3,4)28-81-22-18-34(53)16-12-8-6-10-14-20-83-48-46(101-111(77,78)79)44(99-109(71,72)73)40(38(93-48)26-89-105(59,60)61)95-50-42(85-30-87-103-55)36(24-32(2)91-50)97-107(65,66)67/h31-32,35-50,54-55H,5-30H2,1-4H3,(H,56,57,58)(H,59,60,61)(H,62,63,64)(H,65,66,67)(H,68,69,70)(H,71,72,73)(H,74,75,76)(H,77,78,79). The molecule has 4 fully saturated rings. The van der Waals surface area contributed by atoms with Crippen LogP contribution in [0.25, 0.3) is 0 Å². The highest BCUT2D eigenvalue weighted by molar-refractivity contribution is 7.82. The van der Waals surface area contributed by atoms with Crippen LogP contribution in [0.2, 0.25) is 0 Å². The maximum absolute atomic E-state index is 12.7. The SMILES string of the molecule is CC1CC(OS(=O)(=O)O)C(OCOOO)C(OC2C(COS(=O)(=O)O)OC(OCCCCCCCC(=O)CCOCC(C)(C)COCCC(=O)CCCCCCCOC3OC(COS(=O)(=O)O)C(OC4OC(C)CC(OS(=O)(=O)O)C4OCOOO)C(OS(=O)(=O)O)C3OS(=O)(=O)O)C(OS(=O)(=O)O)C2OS(=O)(=O)O)O1. The molecule has 656 valence electrons. The summed E-state index contributed by atoms with van der Waals surface area (Å²) in [6.07, 6.45) is -34.3. The van der Waals surface area contributed by atoms with E-state index in [1.807, 2.05) is 13.8 Å². The second kappa shape index (κ2) is 46.8. The molecule has 0 spiro atoms. The Hall–Kier alpha value is -2.42. The topological polar surface area (TPSA) is 731 Å². The van der Waals surface area contributed by atoms with Gasteiger partial charge in [0.15, 0.2) is 51.0 Å². The first kappa shape index (κ1) is 101. The van der Waals surface area contributed by atoms with E-state index in [1.54, 1.807) is 0 Å². The van der Waals surface area contributed by atoms with E-state index in [-0.39, 0.29) is 76.5 Å². The van der Waals surface area contributed by atoms with Crippen LogP contribution in [0.3, 0.4) is 0 Å². The number of ether oxygens (including phenoxy) is 12. The zero-order valence-electron chi connectivity index (χ0n) is 59.2. The van der Waals surface area contributed by atoms with Gasteiger partial charge in [-0.25, -0.2) is 44.0 Å². The van der Waals surface area contributed by atoms with Crippen molar-refractivity contribution in [3.05, 3.63) is 0 Å².